The molecule has 0 unspecified atom stereocenters. The normalized spacial score (nSPS) is 23.8. The first-order valence-corrected chi connectivity index (χ1v) is 7.30. The quantitative estimate of drug-likeness (QED) is 0.676. The van der Waals surface area contributed by atoms with Gasteiger partial charge in [-0.15, -0.1) is 0 Å². The molecule has 5 heteroatoms. The summed E-state index contributed by atoms with van der Waals surface area (Å²) in [5.74, 6) is -2.12. The zero-order valence-electron chi connectivity index (χ0n) is 13.7. The summed E-state index contributed by atoms with van der Waals surface area (Å²) in [7, 11) is 8.08. The number of hydrogen-bond acceptors (Lipinski definition) is 5. The van der Waals surface area contributed by atoms with Crippen LogP contribution in [0.4, 0.5) is 0 Å². The third-order valence-electron chi connectivity index (χ3n) is 4.51. The summed E-state index contributed by atoms with van der Waals surface area (Å²) in [5.41, 5.74) is 3.20. The molecule has 0 radical (unpaired) electrons. The molecule has 2 rings (SSSR count). The lowest BCUT2D eigenvalue weighted by atomic mass is 9.69. The minimum absolute atomic E-state index is 0.419. The minimum atomic E-state index is -1.07. The van der Waals surface area contributed by atoms with Gasteiger partial charge in [0.05, 0.1) is 6.61 Å². The fourth-order valence-corrected chi connectivity index (χ4v) is 3.60. The van der Waals surface area contributed by atoms with Gasteiger partial charge in [-0.1, -0.05) is 6.08 Å². The molecular formula is C16H26O5. The molecule has 0 heterocycles. The monoisotopic (exact) mass is 298 g/mol. The van der Waals surface area contributed by atoms with Crippen LogP contribution in [0.25, 0.3) is 0 Å². The highest BCUT2D eigenvalue weighted by molar-refractivity contribution is 5.56. The predicted octanol–water partition coefficient (Wildman–Crippen LogP) is 2.42. The van der Waals surface area contributed by atoms with Gasteiger partial charge in [-0.3, -0.25) is 0 Å². The van der Waals surface area contributed by atoms with E-state index in [1.165, 1.54) is 18.4 Å². The van der Waals surface area contributed by atoms with E-state index < -0.39 is 11.6 Å². The standard InChI is InChI=1S/C16H26O5/c1-17-11-13-14(12-9-7-6-8-10-12)16(20-4,21-5)15(13,18-2)19-3/h9H,6-8,10-11H2,1-5H3. The second-order valence-corrected chi connectivity index (χ2v) is 5.31. The first-order valence-electron chi connectivity index (χ1n) is 7.30. The highest BCUT2D eigenvalue weighted by Gasteiger charge is 2.69. The van der Waals surface area contributed by atoms with Crippen LogP contribution in [0.3, 0.4) is 0 Å². The van der Waals surface area contributed by atoms with Crippen LogP contribution in [0.15, 0.2) is 22.8 Å². The van der Waals surface area contributed by atoms with Crippen molar-refractivity contribution in [2.75, 3.05) is 42.2 Å². The Hall–Kier alpha value is -0.720. The molecule has 0 aromatic rings. The second-order valence-electron chi connectivity index (χ2n) is 5.31. The molecular weight excluding hydrogens is 272 g/mol. The van der Waals surface area contributed by atoms with Gasteiger partial charge < -0.3 is 23.7 Å². The van der Waals surface area contributed by atoms with Crippen molar-refractivity contribution in [3.8, 4) is 0 Å². The fraction of sp³-hybridized carbons (Fsp3) is 0.750. The first-order chi connectivity index (χ1) is 10.2. The largest absolute Gasteiger partial charge is 0.380 e. The van der Waals surface area contributed by atoms with E-state index in [2.05, 4.69) is 6.08 Å². The van der Waals surface area contributed by atoms with E-state index in [0.29, 0.717) is 6.61 Å². The average Bonchev–Trinajstić information content (AvgIpc) is 2.53. The van der Waals surface area contributed by atoms with E-state index in [1.54, 1.807) is 35.5 Å². The van der Waals surface area contributed by atoms with Crippen LogP contribution in [0, 0.1) is 0 Å². The number of hydrogen-bond donors (Lipinski definition) is 0. The van der Waals surface area contributed by atoms with Crippen molar-refractivity contribution >= 4 is 0 Å². The summed E-state index contributed by atoms with van der Waals surface area (Å²) >= 11 is 0. The summed E-state index contributed by atoms with van der Waals surface area (Å²) in [6.45, 7) is 0.419. The van der Waals surface area contributed by atoms with Gasteiger partial charge in [0.2, 0.25) is 0 Å². The molecule has 0 saturated carbocycles. The van der Waals surface area contributed by atoms with Gasteiger partial charge >= 0.3 is 0 Å². The minimum Gasteiger partial charge on any atom is -0.380 e. The number of rotatable bonds is 7. The molecule has 21 heavy (non-hydrogen) atoms. The Morgan fingerprint density at radius 1 is 0.905 bits per heavy atom. The summed E-state index contributed by atoms with van der Waals surface area (Å²) in [6.07, 6.45) is 6.75. The molecule has 0 aromatic heterocycles. The third-order valence-corrected chi connectivity index (χ3v) is 4.51. The molecule has 0 bridgehead atoms. The number of methoxy groups -OCH3 is 5. The smallest absolute Gasteiger partial charge is 0.255 e. The third kappa shape index (κ3) is 2.19. The lowest BCUT2D eigenvalue weighted by molar-refractivity contribution is -0.375. The van der Waals surface area contributed by atoms with Gasteiger partial charge in [0, 0.05) is 46.7 Å². The fourth-order valence-electron chi connectivity index (χ4n) is 3.60. The highest BCUT2D eigenvalue weighted by Crippen LogP contribution is 2.56. The molecule has 0 spiro atoms. The topological polar surface area (TPSA) is 46.2 Å². The van der Waals surface area contributed by atoms with Crippen LogP contribution in [0.1, 0.15) is 25.7 Å². The van der Waals surface area contributed by atoms with E-state index in [0.717, 1.165) is 24.0 Å². The van der Waals surface area contributed by atoms with Gasteiger partial charge in [-0.2, -0.15) is 0 Å². The highest BCUT2D eigenvalue weighted by atomic mass is 16.8. The van der Waals surface area contributed by atoms with Crippen LogP contribution in [-0.4, -0.2) is 53.7 Å². The van der Waals surface area contributed by atoms with Gasteiger partial charge in [-0.25, -0.2) is 0 Å². The number of allylic oxidation sites excluding steroid dienone is 1. The Morgan fingerprint density at radius 3 is 1.95 bits per heavy atom. The summed E-state index contributed by atoms with van der Waals surface area (Å²) < 4.78 is 28.2. The summed E-state index contributed by atoms with van der Waals surface area (Å²) in [4.78, 5) is 0. The predicted molar refractivity (Wildman–Crippen MR) is 79.0 cm³/mol. The van der Waals surface area contributed by atoms with Crippen molar-refractivity contribution < 1.29 is 23.7 Å². The van der Waals surface area contributed by atoms with Crippen molar-refractivity contribution in [2.24, 2.45) is 0 Å². The Kier molecular flexibility index (Phi) is 5.22. The Bertz CT molecular complexity index is 430. The van der Waals surface area contributed by atoms with E-state index in [9.17, 15) is 0 Å². The van der Waals surface area contributed by atoms with E-state index in [1.807, 2.05) is 0 Å². The maximum absolute atomic E-state index is 5.74. The second kappa shape index (κ2) is 6.58. The first kappa shape index (κ1) is 16.6. The lowest BCUT2D eigenvalue weighted by Gasteiger charge is -2.57. The van der Waals surface area contributed by atoms with E-state index in [-0.39, 0.29) is 0 Å². The van der Waals surface area contributed by atoms with Crippen molar-refractivity contribution in [2.45, 2.75) is 37.3 Å². The molecule has 0 aromatic carbocycles. The van der Waals surface area contributed by atoms with E-state index in [4.69, 9.17) is 23.7 Å². The molecule has 0 N–H and O–H groups in total. The Morgan fingerprint density at radius 2 is 1.52 bits per heavy atom. The van der Waals surface area contributed by atoms with Crippen LogP contribution >= 0.6 is 0 Å². The van der Waals surface area contributed by atoms with Crippen molar-refractivity contribution in [3.05, 3.63) is 22.8 Å². The molecule has 0 fully saturated rings. The molecule has 2 aliphatic carbocycles. The lowest BCUT2D eigenvalue weighted by Crippen LogP contribution is -2.70. The van der Waals surface area contributed by atoms with Crippen LogP contribution in [-0.2, 0) is 23.7 Å². The maximum atomic E-state index is 5.74. The van der Waals surface area contributed by atoms with Crippen LogP contribution in [0.5, 0.6) is 0 Å². The summed E-state index contributed by atoms with van der Waals surface area (Å²) in [6, 6.07) is 0. The molecule has 5 nitrogen and oxygen atoms in total. The van der Waals surface area contributed by atoms with Crippen molar-refractivity contribution in [1.82, 2.24) is 0 Å². The van der Waals surface area contributed by atoms with Crippen LogP contribution in [0.2, 0.25) is 0 Å². The molecule has 0 saturated heterocycles. The Labute approximate surface area is 126 Å². The average molecular weight is 298 g/mol. The zero-order valence-corrected chi connectivity index (χ0v) is 13.7. The zero-order chi connectivity index (χ0) is 15.5. The molecule has 120 valence electrons. The van der Waals surface area contributed by atoms with Gasteiger partial charge in [0.15, 0.2) is 0 Å². The van der Waals surface area contributed by atoms with Crippen molar-refractivity contribution in [3.63, 3.8) is 0 Å². The SMILES string of the molecule is COCC1=C(C2=CCCCC2)C(OC)(OC)C1(OC)OC. The Balaban J connectivity index is 2.57. The molecule has 2 aliphatic rings. The number of ether oxygens (including phenoxy) is 5. The molecule has 0 atom stereocenters. The van der Waals surface area contributed by atoms with Gasteiger partial charge in [-0.05, 0) is 31.3 Å². The molecule has 0 aliphatic heterocycles. The van der Waals surface area contributed by atoms with Crippen LogP contribution < -0.4 is 0 Å². The van der Waals surface area contributed by atoms with Gasteiger partial charge in [0.1, 0.15) is 0 Å². The molecule has 0 amide bonds. The van der Waals surface area contributed by atoms with Gasteiger partial charge in [0.25, 0.3) is 11.6 Å². The summed E-state index contributed by atoms with van der Waals surface area (Å²) in [5, 5.41) is 0. The van der Waals surface area contributed by atoms with E-state index >= 15 is 0 Å². The van der Waals surface area contributed by atoms with Crippen molar-refractivity contribution in [1.29, 1.82) is 0 Å². The maximum Gasteiger partial charge on any atom is 0.255 e.